The molecule has 3 aromatic rings. The van der Waals surface area contributed by atoms with Gasteiger partial charge >= 0.3 is 5.97 Å². The molecule has 1 saturated heterocycles. The third-order valence-corrected chi connectivity index (χ3v) is 6.58. The maximum absolute atomic E-state index is 12.9. The summed E-state index contributed by atoms with van der Waals surface area (Å²) in [5, 5.41) is 10.7. The van der Waals surface area contributed by atoms with E-state index >= 15 is 0 Å². The molecule has 0 saturated carbocycles. The maximum Gasteiger partial charge on any atom is 0.335 e. The van der Waals surface area contributed by atoms with Crippen molar-refractivity contribution < 1.29 is 19.4 Å². The molecule has 0 radical (unpaired) electrons. The molecule has 1 aliphatic rings. The highest BCUT2D eigenvalue weighted by atomic mass is 35.5. The molecule has 0 bridgehead atoms. The van der Waals surface area contributed by atoms with Crippen LogP contribution >= 0.6 is 35.0 Å². The first-order chi connectivity index (χ1) is 16.3. The van der Waals surface area contributed by atoms with Crippen LogP contribution in [0.3, 0.4) is 0 Å². The van der Waals surface area contributed by atoms with Gasteiger partial charge in [0.05, 0.1) is 16.2 Å². The Hall–Kier alpha value is -3.26. The predicted molar refractivity (Wildman–Crippen MR) is 136 cm³/mol. The molecule has 34 heavy (non-hydrogen) atoms. The number of aliphatic imine (C=N–C) groups is 1. The fraction of sp³-hybridized carbons (Fsp3) is 0.0800. The van der Waals surface area contributed by atoms with Crippen LogP contribution in [0.1, 0.15) is 21.5 Å². The smallest absolute Gasteiger partial charge is 0.335 e. The van der Waals surface area contributed by atoms with Crippen molar-refractivity contribution in [3.63, 3.8) is 0 Å². The van der Waals surface area contributed by atoms with Crippen molar-refractivity contribution in [1.82, 2.24) is 4.90 Å². The van der Waals surface area contributed by atoms with Gasteiger partial charge in [-0.05, 0) is 60.3 Å². The number of carbonyl (C=O) groups excluding carboxylic acids is 1. The minimum atomic E-state index is -1.04. The number of rotatable bonds is 6. The average Bonchev–Trinajstić information content (AvgIpc) is 3.07. The molecule has 3 aromatic carbocycles. The van der Waals surface area contributed by atoms with Crippen molar-refractivity contribution >= 4 is 63.8 Å². The second-order valence-electron chi connectivity index (χ2n) is 7.29. The second kappa shape index (κ2) is 10.3. The molecule has 1 heterocycles. The van der Waals surface area contributed by atoms with Gasteiger partial charge in [0, 0.05) is 28.2 Å². The standard InChI is InChI=1S/C25H18Cl2N2O4S/c1-29-23(30)22(34-25(29)28-19-7-4-6-15(12-19)24(31)32)13-17-11-18(26)9-10-21(17)33-14-16-5-2-3-8-20(16)27/h2-13H,14H2,1H3,(H,31,32)/b22-13+,28-25?. The van der Waals surface area contributed by atoms with Gasteiger partial charge in [0.1, 0.15) is 12.4 Å². The molecule has 1 amide bonds. The van der Waals surface area contributed by atoms with Crippen LogP contribution in [0.15, 0.2) is 76.6 Å². The Labute approximate surface area is 210 Å². The number of nitrogens with zero attached hydrogens (tertiary/aromatic N) is 2. The van der Waals surface area contributed by atoms with E-state index in [1.54, 1.807) is 49.5 Å². The Morgan fingerprint density at radius 1 is 1.12 bits per heavy atom. The number of thioether (sulfide) groups is 1. The summed E-state index contributed by atoms with van der Waals surface area (Å²) in [6.07, 6.45) is 1.70. The lowest BCUT2D eigenvalue weighted by Crippen LogP contribution is -2.23. The van der Waals surface area contributed by atoms with Crippen molar-refractivity contribution in [3.05, 3.63) is 98.4 Å². The fourth-order valence-electron chi connectivity index (χ4n) is 3.15. The Morgan fingerprint density at radius 2 is 1.91 bits per heavy atom. The Bertz CT molecular complexity index is 1340. The summed E-state index contributed by atoms with van der Waals surface area (Å²) >= 11 is 13.6. The molecule has 6 nitrogen and oxygen atoms in total. The number of hydrogen-bond donors (Lipinski definition) is 1. The third kappa shape index (κ3) is 5.44. The molecule has 1 fully saturated rings. The molecular formula is C25H18Cl2N2O4S. The Balaban J connectivity index is 1.61. The van der Waals surface area contributed by atoms with Crippen LogP contribution in [0, 0.1) is 0 Å². The first-order valence-corrected chi connectivity index (χ1v) is 11.6. The van der Waals surface area contributed by atoms with E-state index in [4.69, 9.17) is 27.9 Å². The van der Waals surface area contributed by atoms with Crippen LogP contribution in [0.4, 0.5) is 5.69 Å². The number of benzene rings is 3. The Kier molecular flexibility index (Phi) is 7.26. The number of aromatic carboxylic acids is 1. The number of halogens is 2. The van der Waals surface area contributed by atoms with Gasteiger partial charge in [-0.3, -0.25) is 9.69 Å². The number of likely N-dealkylation sites (N-methyl/N-ethyl adjacent to an activating group) is 1. The number of ether oxygens (including phenoxy) is 1. The van der Waals surface area contributed by atoms with Gasteiger partial charge in [-0.15, -0.1) is 0 Å². The van der Waals surface area contributed by atoms with Crippen molar-refractivity contribution in [2.24, 2.45) is 4.99 Å². The van der Waals surface area contributed by atoms with Gasteiger partial charge in [0.2, 0.25) is 0 Å². The van der Waals surface area contributed by atoms with E-state index in [2.05, 4.69) is 4.99 Å². The quantitative estimate of drug-likeness (QED) is 0.381. The van der Waals surface area contributed by atoms with Gasteiger partial charge in [-0.1, -0.05) is 47.5 Å². The lowest BCUT2D eigenvalue weighted by molar-refractivity contribution is -0.121. The monoisotopic (exact) mass is 512 g/mol. The number of carboxylic acids is 1. The van der Waals surface area contributed by atoms with Crippen LogP contribution in [0.25, 0.3) is 6.08 Å². The minimum Gasteiger partial charge on any atom is -0.488 e. The zero-order chi connectivity index (χ0) is 24.2. The third-order valence-electron chi connectivity index (χ3n) is 4.92. The van der Waals surface area contributed by atoms with Gasteiger partial charge in [0.25, 0.3) is 5.91 Å². The van der Waals surface area contributed by atoms with E-state index in [0.717, 1.165) is 5.56 Å². The number of carboxylic acid groups (broad SMARTS) is 1. The van der Waals surface area contributed by atoms with Crippen LogP contribution in [-0.2, 0) is 11.4 Å². The maximum atomic E-state index is 12.9. The topological polar surface area (TPSA) is 79.2 Å². The highest BCUT2D eigenvalue weighted by molar-refractivity contribution is 8.18. The molecule has 0 aliphatic carbocycles. The highest BCUT2D eigenvalue weighted by Gasteiger charge is 2.30. The van der Waals surface area contributed by atoms with Crippen molar-refractivity contribution in [2.75, 3.05) is 7.05 Å². The summed E-state index contributed by atoms with van der Waals surface area (Å²) in [6, 6.07) is 18.8. The van der Waals surface area contributed by atoms with E-state index in [1.807, 2.05) is 18.2 Å². The first kappa shape index (κ1) is 23.9. The minimum absolute atomic E-state index is 0.119. The number of carbonyl (C=O) groups is 2. The SMILES string of the molecule is CN1C(=O)/C(=C\c2cc(Cl)ccc2OCc2ccccc2Cl)SC1=Nc1cccc(C(=O)O)c1. The number of amides is 1. The van der Waals surface area contributed by atoms with E-state index in [0.29, 0.717) is 37.1 Å². The van der Waals surface area contributed by atoms with Crippen molar-refractivity contribution in [1.29, 1.82) is 0 Å². The molecule has 172 valence electrons. The molecule has 9 heteroatoms. The van der Waals surface area contributed by atoms with Gasteiger partial charge in [-0.2, -0.15) is 0 Å². The fourth-order valence-corrected chi connectivity index (χ4v) is 4.49. The summed E-state index contributed by atoms with van der Waals surface area (Å²) in [4.78, 5) is 30.4. The van der Waals surface area contributed by atoms with Crippen LogP contribution < -0.4 is 4.74 Å². The van der Waals surface area contributed by atoms with E-state index in [1.165, 1.54) is 28.8 Å². The summed E-state index contributed by atoms with van der Waals surface area (Å²) in [7, 11) is 1.61. The van der Waals surface area contributed by atoms with Crippen LogP contribution in [0.2, 0.25) is 10.0 Å². The van der Waals surface area contributed by atoms with Crippen molar-refractivity contribution in [3.8, 4) is 5.75 Å². The summed E-state index contributed by atoms with van der Waals surface area (Å²) in [5.41, 5.74) is 2.03. The van der Waals surface area contributed by atoms with Gasteiger partial charge in [-0.25, -0.2) is 9.79 Å². The molecule has 4 rings (SSSR count). The summed E-state index contributed by atoms with van der Waals surface area (Å²) < 4.78 is 5.98. The molecule has 1 aliphatic heterocycles. The lowest BCUT2D eigenvalue weighted by Gasteiger charge is -2.11. The first-order valence-electron chi connectivity index (χ1n) is 10.1. The van der Waals surface area contributed by atoms with E-state index < -0.39 is 5.97 Å². The highest BCUT2D eigenvalue weighted by Crippen LogP contribution is 2.36. The zero-order valence-corrected chi connectivity index (χ0v) is 20.2. The molecule has 1 N–H and O–H groups in total. The molecule has 0 aromatic heterocycles. The second-order valence-corrected chi connectivity index (χ2v) is 9.14. The molecular weight excluding hydrogens is 495 g/mol. The molecule has 0 atom stereocenters. The normalized spacial score (nSPS) is 15.9. The lowest BCUT2D eigenvalue weighted by atomic mass is 10.1. The van der Waals surface area contributed by atoms with Crippen LogP contribution in [-0.4, -0.2) is 34.1 Å². The van der Waals surface area contributed by atoms with Crippen LogP contribution in [0.5, 0.6) is 5.75 Å². The summed E-state index contributed by atoms with van der Waals surface area (Å²) in [5.74, 6) is -0.737. The van der Waals surface area contributed by atoms with Crippen molar-refractivity contribution in [2.45, 2.75) is 6.61 Å². The molecule has 0 spiro atoms. The predicted octanol–water partition coefficient (Wildman–Crippen LogP) is 6.50. The molecule has 0 unspecified atom stereocenters. The Morgan fingerprint density at radius 3 is 2.68 bits per heavy atom. The number of hydrogen-bond acceptors (Lipinski definition) is 5. The average molecular weight is 513 g/mol. The summed E-state index contributed by atoms with van der Waals surface area (Å²) in [6.45, 7) is 0.255. The van der Waals surface area contributed by atoms with E-state index in [9.17, 15) is 14.7 Å². The zero-order valence-electron chi connectivity index (χ0n) is 17.9. The van der Waals surface area contributed by atoms with Gasteiger partial charge < -0.3 is 9.84 Å². The largest absolute Gasteiger partial charge is 0.488 e. The van der Waals surface area contributed by atoms with Gasteiger partial charge in [0.15, 0.2) is 5.17 Å². The van der Waals surface area contributed by atoms with E-state index in [-0.39, 0.29) is 18.1 Å². The number of amidine groups is 1.